The summed E-state index contributed by atoms with van der Waals surface area (Å²) in [5.41, 5.74) is -0.260. The van der Waals surface area contributed by atoms with E-state index in [1.165, 1.54) is 0 Å². The van der Waals surface area contributed by atoms with Crippen LogP contribution in [0.5, 0.6) is 0 Å². The quantitative estimate of drug-likeness (QED) is 0.427. The van der Waals surface area contributed by atoms with Gasteiger partial charge in [0.15, 0.2) is 0 Å². The molecule has 32 heavy (non-hydrogen) atoms. The van der Waals surface area contributed by atoms with E-state index in [1.807, 2.05) is 6.92 Å². The van der Waals surface area contributed by atoms with Crippen molar-refractivity contribution in [3.05, 3.63) is 0 Å². The molecule has 0 saturated heterocycles. The van der Waals surface area contributed by atoms with Crippen LogP contribution in [0.4, 0.5) is 0 Å². The molecule has 186 valence electrons. The van der Waals surface area contributed by atoms with Crippen molar-refractivity contribution in [1.29, 1.82) is 0 Å². The average molecular weight is 453 g/mol. The van der Waals surface area contributed by atoms with Crippen LogP contribution in [0, 0.1) is 52.3 Å². The van der Waals surface area contributed by atoms with E-state index in [2.05, 4.69) is 27.7 Å². The Morgan fingerprint density at radius 3 is 2.38 bits per heavy atom. The Labute approximate surface area is 195 Å². The lowest BCUT2D eigenvalue weighted by Gasteiger charge is -2.61. The number of carbonyl (C=O) groups is 1. The maximum Gasteiger partial charge on any atom is 0.306 e. The molecule has 5 heteroatoms. The Morgan fingerprint density at radius 1 is 1.12 bits per heavy atom. The topological polar surface area (TPSA) is 98.0 Å². The van der Waals surface area contributed by atoms with Gasteiger partial charge in [0.2, 0.25) is 0 Å². The Morgan fingerprint density at radius 2 is 1.78 bits per heavy atom. The zero-order valence-corrected chi connectivity index (χ0v) is 21.1. The number of rotatable bonds is 8. The van der Waals surface area contributed by atoms with Crippen molar-refractivity contribution in [1.82, 2.24) is 0 Å². The second kappa shape index (κ2) is 9.54. The molecule has 0 bridgehead atoms. The zero-order chi connectivity index (χ0) is 24.0. The van der Waals surface area contributed by atoms with Gasteiger partial charge < -0.3 is 20.4 Å². The van der Waals surface area contributed by atoms with Crippen molar-refractivity contribution >= 4 is 5.97 Å². The lowest BCUT2D eigenvalue weighted by molar-refractivity contribution is -0.194. The summed E-state index contributed by atoms with van der Waals surface area (Å²) in [6, 6.07) is 0. The number of aliphatic hydroxyl groups excluding tert-OH is 3. The van der Waals surface area contributed by atoms with Crippen LogP contribution in [0.3, 0.4) is 0 Å². The standard InChI is InChI=1S/C27H48O5/c1-7-18(28)10-11-26(5)14-17(4)24(30)23-20-9-8-19(15(2)12-16(3)25(31)32)27(20,6)22(29)13-21(23)26/h15-24,28-30H,7-14H2,1-6H3,(H,31,32)/t15-,16-,17-,18+,19-,20?,21?,22+,23?,24-,26+,27-/m1/s1. The summed E-state index contributed by atoms with van der Waals surface area (Å²) in [5, 5.41) is 42.6. The van der Waals surface area contributed by atoms with Crippen molar-refractivity contribution in [2.24, 2.45) is 52.3 Å². The molecule has 3 fully saturated rings. The first kappa shape index (κ1) is 26.0. The Balaban J connectivity index is 1.88. The number of carboxylic acids is 1. The summed E-state index contributed by atoms with van der Waals surface area (Å²) < 4.78 is 0. The number of fused-ring (bicyclic) bond motifs is 3. The molecule has 3 aliphatic rings. The third-order valence-electron chi connectivity index (χ3n) is 10.5. The number of hydrogen-bond acceptors (Lipinski definition) is 4. The van der Waals surface area contributed by atoms with Crippen LogP contribution >= 0.6 is 0 Å². The fraction of sp³-hybridized carbons (Fsp3) is 0.963. The lowest BCUT2D eigenvalue weighted by Crippen LogP contribution is -2.61. The third-order valence-corrected chi connectivity index (χ3v) is 10.5. The van der Waals surface area contributed by atoms with Gasteiger partial charge in [0, 0.05) is 0 Å². The third kappa shape index (κ3) is 4.38. The van der Waals surface area contributed by atoms with Crippen LogP contribution in [0.25, 0.3) is 0 Å². The Bertz CT molecular complexity index is 666. The molecule has 0 radical (unpaired) electrons. The number of aliphatic carboxylic acids is 1. The maximum absolute atomic E-state index is 11.6. The molecule has 0 heterocycles. The fourth-order valence-electron chi connectivity index (χ4n) is 8.61. The summed E-state index contributed by atoms with van der Waals surface area (Å²) in [6.45, 7) is 12.7. The van der Waals surface area contributed by atoms with Gasteiger partial charge in [0.05, 0.1) is 24.2 Å². The minimum Gasteiger partial charge on any atom is -0.481 e. The van der Waals surface area contributed by atoms with Gasteiger partial charge in [-0.2, -0.15) is 0 Å². The first-order chi connectivity index (χ1) is 14.9. The molecule has 3 rings (SSSR count). The first-order valence-electron chi connectivity index (χ1n) is 13.1. The summed E-state index contributed by atoms with van der Waals surface area (Å²) in [7, 11) is 0. The number of carboxylic acid groups (broad SMARTS) is 1. The van der Waals surface area contributed by atoms with E-state index in [0.29, 0.717) is 12.8 Å². The molecule has 0 aliphatic heterocycles. The summed E-state index contributed by atoms with van der Waals surface area (Å²) in [6.07, 6.45) is 5.71. The van der Waals surface area contributed by atoms with Crippen LogP contribution in [-0.2, 0) is 4.79 Å². The molecule has 12 atom stereocenters. The zero-order valence-electron chi connectivity index (χ0n) is 21.1. The van der Waals surface area contributed by atoms with Gasteiger partial charge in [0.25, 0.3) is 0 Å². The van der Waals surface area contributed by atoms with Gasteiger partial charge in [-0.25, -0.2) is 0 Å². The van der Waals surface area contributed by atoms with Crippen molar-refractivity contribution in [3.63, 3.8) is 0 Å². The van der Waals surface area contributed by atoms with Crippen molar-refractivity contribution in [2.45, 2.75) is 111 Å². The summed E-state index contributed by atoms with van der Waals surface area (Å²) in [5.74, 6) is 0.286. The highest BCUT2D eigenvalue weighted by Gasteiger charge is 2.64. The van der Waals surface area contributed by atoms with Crippen LogP contribution < -0.4 is 0 Å². The van der Waals surface area contributed by atoms with E-state index in [-0.39, 0.29) is 64.5 Å². The monoisotopic (exact) mass is 452 g/mol. The SMILES string of the molecule is CC[C@H](O)CC[C@@]1(C)C[C@@H](C)[C@@H](O)C2C1C[C@H](O)[C@@]1(C)C2CC[C@@H]1[C@H](C)C[C@@H](C)C(=O)O. The molecule has 5 nitrogen and oxygen atoms in total. The molecule has 3 saturated carbocycles. The van der Waals surface area contributed by atoms with Crippen molar-refractivity contribution < 1.29 is 25.2 Å². The highest BCUT2D eigenvalue weighted by atomic mass is 16.4. The number of hydrogen-bond donors (Lipinski definition) is 4. The van der Waals surface area contributed by atoms with E-state index in [9.17, 15) is 25.2 Å². The van der Waals surface area contributed by atoms with E-state index in [4.69, 9.17) is 0 Å². The van der Waals surface area contributed by atoms with Gasteiger partial charge in [-0.3, -0.25) is 4.79 Å². The van der Waals surface area contributed by atoms with Gasteiger partial charge in [-0.1, -0.05) is 41.5 Å². The highest BCUT2D eigenvalue weighted by molar-refractivity contribution is 5.69. The van der Waals surface area contributed by atoms with Crippen molar-refractivity contribution in [3.8, 4) is 0 Å². The van der Waals surface area contributed by atoms with Crippen LogP contribution in [0.15, 0.2) is 0 Å². The predicted octanol–water partition coefficient (Wildman–Crippen LogP) is 4.72. The molecule has 0 spiro atoms. The van der Waals surface area contributed by atoms with Crippen molar-refractivity contribution in [2.75, 3.05) is 0 Å². The van der Waals surface area contributed by atoms with E-state index in [0.717, 1.165) is 38.5 Å². The smallest absolute Gasteiger partial charge is 0.306 e. The second-order valence-electron chi connectivity index (χ2n) is 12.5. The van der Waals surface area contributed by atoms with Crippen LogP contribution in [0.1, 0.15) is 92.9 Å². The molecule has 4 N–H and O–H groups in total. The van der Waals surface area contributed by atoms with Gasteiger partial charge in [-0.15, -0.1) is 0 Å². The highest BCUT2D eigenvalue weighted by Crippen LogP contribution is 2.67. The summed E-state index contributed by atoms with van der Waals surface area (Å²) >= 11 is 0. The molecule has 0 aromatic carbocycles. The van der Waals surface area contributed by atoms with Gasteiger partial charge >= 0.3 is 5.97 Å². The molecule has 0 aromatic rings. The molecule has 3 unspecified atom stereocenters. The first-order valence-corrected chi connectivity index (χ1v) is 13.1. The Kier molecular flexibility index (Phi) is 7.74. The minimum absolute atomic E-state index is 0.0172. The molecule has 0 amide bonds. The lowest BCUT2D eigenvalue weighted by atomic mass is 9.45. The molecule has 3 aliphatic carbocycles. The second-order valence-corrected chi connectivity index (χ2v) is 12.5. The van der Waals surface area contributed by atoms with Crippen LogP contribution in [0.2, 0.25) is 0 Å². The van der Waals surface area contributed by atoms with E-state index in [1.54, 1.807) is 6.92 Å². The Hall–Kier alpha value is -0.650. The molecule has 0 aromatic heterocycles. The maximum atomic E-state index is 11.6. The average Bonchev–Trinajstić information content (AvgIpc) is 3.09. The number of aliphatic hydroxyl groups is 3. The van der Waals surface area contributed by atoms with E-state index >= 15 is 0 Å². The summed E-state index contributed by atoms with van der Waals surface area (Å²) in [4.78, 5) is 11.4. The molecular weight excluding hydrogens is 404 g/mol. The van der Waals surface area contributed by atoms with Gasteiger partial charge in [0.1, 0.15) is 0 Å². The largest absolute Gasteiger partial charge is 0.481 e. The molecular formula is C27H48O5. The fourth-order valence-corrected chi connectivity index (χ4v) is 8.61. The van der Waals surface area contributed by atoms with Gasteiger partial charge in [-0.05, 0) is 97.7 Å². The van der Waals surface area contributed by atoms with E-state index < -0.39 is 12.1 Å². The predicted molar refractivity (Wildman–Crippen MR) is 126 cm³/mol. The normalized spacial score (nSPS) is 46.7. The minimum atomic E-state index is -0.748. The van der Waals surface area contributed by atoms with Crippen LogP contribution in [-0.4, -0.2) is 44.7 Å².